The van der Waals surface area contributed by atoms with E-state index < -0.39 is 34.5 Å². The summed E-state index contributed by atoms with van der Waals surface area (Å²) in [5.74, 6) is -0.752. The van der Waals surface area contributed by atoms with Crippen LogP contribution in [0, 0.1) is 11.7 Å². The first-order valence-electron chi connectivity index (χ1n) is 13.6. The zero-order valence-electron chi connectivity index (χ0n) is 24.7. The molecule has 0 aliphatic rings. The van der Waals surface area contributed by atoms with Gasteiger partial charge in [0.1, 0.15) is 24.2 Å². The van der Waals surface area contributed by atoms with Gasteiger partial charge < -0.3 is 15.0 Å². The summed E-state index contributed by atoms with van der Waals surface area (Å²) in [6, 6.07) is 20.3. The van der Waals surface area contributed by atoms with Crippen molar-refractivity contribution in [3.63, 3.8) is 0 Å². The molecule has 2 amide bonds. The summed E-state index contributed by atoms with van der Waals surface area (Å²) in [6.07, 6.45) is 0.206. The van der Waals surface area contributed by atoms with Gasteiger partial charge in [0.05, 0.1) is 12.8 Å². The number of carbonyl (C=O) groups is 2. The van der Waals surface area contributed by atoms with Crippen LogP contribution in [0.3, 0.4) is 0 Å². The van der Waals surface area contributed by atoms with Gasteiger partial charge in [-0.3, -0.25) is 9.59 Å². The van der Waals surface area contributed by atoms with E-state index in [4.69, 9.17) is 4.74 Å². The molecule has 42 heavy (non-hydrogen) atoms. The summed E-state index contributed by atoms with van der Waals surface area (Å²) >= 11 is 0. The number of rotatable bonds is 14. The number of nitrogens with one attached hydrogen (secondary N) is 1. The van der Waals surface area contributed by atoms with E-state index in [9.17, 15) is 22.4 Å². The average molecular weight is 599 g/mol. The Labute approximate surface area is 248 Å². The first kappa shape index (κ1) is 32.6. The van der Waals surface area contributed by atoms with Gasteiger partial charge >= 0.3 is 10.2 Å². The number of carbonyl (C=O) groups excluding carboxylic acids is 2. The number of hydrogen-bond acceptors (Lipinski definition) is 5. The maximum Gasteiger partial charge on any atom is 0.304 e. The molecular formula is C31H39FN4O5S. The molecule has 0 aliphatic carbocycles. The number of methoxy groups -OCH3 is 1. The minimum Gasteiger partial charge on any atom is -0.497 e. The smallest absolute Gasteiger partial charge is 0.304 e. The maximum atomic E-state index is 14.2. The number of ether oxygens (including phenoxy) is 1. The van der Waals surface area contributed by atoms with Gasteiger partial charge in [-0.25, -0.2) is 8.70 Å². The summed E-state index contributed by atoms with van der Waals surface area (Å²) in [7, 11) is 0.0651. The highest BCUT2D eigenvalue weighted by molar-refractivity contribution is 7.90. The van der Waals surface area contributed by atoms with Crippen molar-refractivity contribution in [3.8, 4) is 5.75 Å². The molecule has 1 N–H and O–H groups in total. The van der Waals surface area contributed by atoms with Crippen molar-refractivity contribution in [3.05, 3.63) is 95.8 Å². The predicted molar refractivity (Wildman–Crippen MR) is 162 cm³/mol. The Balaban J connectivity index is 2.09. The van der Waals surface area contributed by atoms with Crippen molar-refractivity contribution in [2.75, 3.05) is 38.6 Å². The largest absolute Gasteiger partial charge is 0.497 e. The van der Waals surface area contributed by atoms with Crippen molar-refractivity contribution >= 4 is 27.7 Å². The van der Waals surface area contributed by atoms with Gasteiger partial charge in [0.15, 0.2) is 0 Å². The second-order valence-electron chi connectivity index (χ2n) is 10.5. The quantitative estimate of drug-likeness (QED) is 0.304. The molecule has 0 radical (unpaired) electrons. The lowest BCUT2D eigenvalue weighted by atomic mass is 10.0. The molecule has 3 aromatic carbocycles. The van der Waals surface area contributed by atoms with Crippen LogP contribution in [-0.4, -0.2) is 69.8 Å². The lowest BCUT2D eigenvalue weighted by Crippen LogP contribution is -2.54. The Kier molecular flexibility index (Phi) is 11.5. The molecule has 0 spiro atoms. The minimum atomic E-state index is -4.17. The van der Waals surface area contributed by atoms with Gasteiger partial charge in [0, 0.05) is 33.6 Å². The second kappa shape index (κ2) is 14.8. The second-order valence-corrected chi connectivity index (χ2v) is 12.6. The molecule has 3 rings (SSSR count). The highest BCUT2D eigenvalue weighted by Gasteiger charge is 2.34. The Hall–Kier alpha value is -3.96. The Bertz CT molecular complexity index is 1430. The number of benzene rings is 3. The molecule has 0 heterocycles. The molecule has 0 aromatic heterocycles. The summed E-state index contributed by atoms with van der Waals surface area (Å²) in [4.78, 5) is 29.3. The minimum absolute atomic E-state index is 0.0158. The van der Waals surface area contributed by atoms with Crippen LogP contribution >= 0.6 is 0 Å². The molecule has 9 nitrogen and oxygen atoms in total. The van der Waals surface area contributed by atoms with E-state index in [1.807, 2.05) is 50.2 Å². The normalized spacial score (nSPS) is 12.2. The first-order chi connectivity index (χ1) is 19.9. The molecule has 1 atom stereocenters. The topological polar surface area (TPSA) is 99.3 Å². The number of halogens is 1. The fourth-order valence-electron chi connectivity index (χ4n) is 4.27. The summed E-state index contributed by atoms with van der Waals surface area (Å²) in [5, 5.41) is 2.95. The van der Waals surface area contributed by atoms with Gasteiger partial charge in [0.2, 0.25) is 11.8 Å². The summed E-state index contributed by atoms with van der Waals surface area (Å²) < 4.78 is 47.7. The Morgan fingerprint density at radius 1 is 0.929 bits per heavy atom. The average Bonchev–Trinajstić information content (AvgIpc) is 2.97. The number of amides is 2. The lowest BCUT2D eigenvalue weighted by molar-refractivity contribution is -0.140. The number of anilines is 1. The van der Waals surface area contributed by atoms with E-state index in [0.717, 1.165) is 26.3 Å². The maximum absolute atomic E-state index is 14.2. The van der Waals surface area contributed by atoms with Gasteiger partial charge in [-0.05, 0) is 53.4 Å². The predicted octanol–water partition coefficient (Wildman–Crippen LogP) is 3.86. The molecule has 226 valence electrons. The van der Waals surface area contributed by atoms with E-state index in [1.165, 1.54) is 38.2 Å². The van der Waals surface area contributed by atoms with Crippen molar-refractivity contribution in [1.82, 2.24) is 14.5 Å². The van der Waals surface area contributed by atoms with E-state index >= 15 is 0 Å². The zero-order chi connectivity index (χ0) is 30.9. The van der Waals surface area contributed by atoms with Crippen LogP contribution in [-0.2, 0) is 32.8 Å². The first-order valence-corrected chi connectivity index (χ1v) is 15.0. The molecular weight excluding hydrogens is 559 g/mol. The zero-order valence-corrected chi connectivity index (χ0v) is 25.5. The van der Waals surface area contributed by atoms with Crippen LogP contribution < -0.4 is 14.4 Å². The van der Waals surface area contributed by atoms with Crippen molar-refractivity contribution in [1.29, 1.82) is 0 Å². The molecule has 3 aromatic rings. The highest BCUT2D eigenvalue weighted by atomic mass is 32.2. The monoisotopic (exact) mass is 598 g/mol. The van der Waals surface area contributed by atoms with Crippen LogP contribution in [0.2, 0.25) is 0 Å². The Morgan fingerprint density at radius 2 is 1.57 bits per heavy atom. The number of nitrogens with zero attached hydrogens (tertiary/aromatic N) is 3. The van der Waals surface area contributed by atoms with E-state index in [0.29, 0.717) is 17.9 Å². The third-order valence-electron chi connectivity index (χ3n) is 6.58. The van der Waals surface area contributed by atoms with Gasteiger partial charge in [-0.15, -0.1) is 0 Å². The van der Waals surface area contributed by atoms with Crippen molar-refractivity contribution in [2.45, 2.75) is 32.9 Å². The fraction of sp³-hybridized carbons (Fsp3) is 0.355. The van der Waals surface area contributed by atoms with Crippen LogP contribution in [0.15, 0.2) is 78.9 Å². The third kappa shape index (κ3) is 8.77. The molecule has 11 heteroatoms. The fourth-order valence-corrected chi connectivity index (χ4v) is 5.32. The van der Waals surface area contributed by atoms with Gasteiger partial charge in [0.25, 0.3) is 0 Å². The van der Waals surface area contributed by atoms with Crippen LogP contribution in [0.4, 0.5) is 10.1 Å². The van der Waals surface area contributed by atoms with Crippen LogP contribution in [0.1, 0.15) is 25.0 Å². The van der Waals surface area contributed by atoms with Crippen LogP contribution in [0.25, 0.3) is 0 Å². The Morgan fingerprint density at radius 3 is 2.17 bits per heavy atom. The molecule has 0 bridgehead atoms. The van der Waals surface area contributed by atoms with E-state index in [1.54, 1.807) is 18.2 Å². The van der Waals surface area contributed by atoms with Gasteiger partial charge in [-0.2, -0.15) is 12.7 Å². The van der Waals surface area contributed by atoms with Gasteiger partial charge in [-0.1, -0.05) is 56.3 Å². The molecule has 0 saturated heterocycles. The third-order valence-corrected chi connectivity index (χ3v) is 8.40. The SMILES string of the molecule is COc1cccc(CN(C(=O)CN(c2ccc(F)cc2)S(=O)(=O)N(C)C)[C@@H](Cc2ccccc2)C(=O)NCC(C)C)c1. The molecule has 0 unspecified atom stereocenters. The molecule has 0 fully saturated rings. The van der Waals surface area contributed by atoms with E-state index in [-0.39, 0.29) is 30.5 Å². The van der Waals surface area contributed by atoms with Crippen LogP contribution in [0.5, 0.6) is 5.75 Å². The highest BCUT2D eigenvalue weighted by Crippen LogP contribution is 2.23. The summed E-state index contributed by atoms with van der Waals surface area (Å²) in [5.41, 5.74) is 1.65. The lowest BCUT2D eigenvalue weighted by Gasteiger charge is -2.34. The van der Waals surface area contributed by atoms with Crippen molar-refractivity contribution in [2.24, 2.45) is 5.92 Å². The summed E-state index contributed by atoms with van der Waals surface area (Å²) in [6.45, 7) is 3.75. The standard InChI is InChI=1S/C31H39FN4O5S/c1-23(2)20-33-31(38)29(19-24-10-7-6-8-11-24)35(21-25-12-9-13-28(18-25)41-5)30(37)22-36(42(39,40)34(3)4)27-16-14-26(32)15-17-27/h6-18,23,29H,19-22H2,1-5H3,(H,33,38)/t29-/m0/s1. The molecule has 0 aliphatic heterocycles. The number of hydrogen-bond donors (Lipinski definition) is 1. The van der Waals surface area contributed by atoms with E-state index in [2.05, 4.69) is 5.32 Å². The van der Waals surface area contributed by atoms with Crippen molar-refractivity contribution < 1.29 is 27.1 Å². The molecule has 0 saturated carbocycles.